The van der Waals surface area contributed by atoms with Crippen LogP contribution in [0, 0.1) is 13.8 Å². The third kappa shape index (κ3) is 1.58. The maximum atomic E-state index is 5.73. The number of nitrogens with zero attached hydrogens (tertiary/aromatic N) is 3. The highest BCUT2D eigenvalue weighted by Crippen LogP contribution is 2.22. The monoisotopic (exact) mass is 202 g/mol. The minimum Gasteiger partial charge on any atom is -0.397 e. The SMILES string of the molecule is Cc1nc(-c2cnn(C)c2C)ccc1N. The molecule has 0 fully saturated rings. The number of hydrogen-bond acceptors (Lipinski definition) is 3. The Morgan fingerprint density at radius 1 is 1.27 bits per heavy atom. The molecule has 0 unspecified atom stereocenters. The van der Waals surface area contributed by atoms with Crippen molar-refractivity contribution in [1.82, 2.24) is 14.8 Å². The molecular formula is C11H14N4. The van der Waals surface area contributed by atoms with Gasteiger partial charge in [-0.15, -0.1) is 0 Å². The van der Waals surface area contributed by atoms with Crippen LogP contribution in [-0.2, 0) is 7.05 Å². The van der Waals surface area contributed by atoms with Crippen LogP contribution in [0.5, 0.6) is 0 Å². The summed E-state index contributed by atoms with van der Waals surface area (Å²) >= 11 is 0. The lowest BCUT2D eigenvalue weighted by Gasteiger charge is -2.03. The van der Waals surface area contributed by atoms with E-state index in [0.717, 1.165) is 28.3 Å². The maximum Gasteiger partial charge on any atom is 0.0741 e. The van der Waals surface area contributed by atoms with Crippen LogP contribution in [0.15, 0.2) is 18.3 Å². The minimum atomic E-state index is 0.722. The second-order valence-electron chi connectivity index (χ2n) is 3.64. The first kappa shape index (κ1) is 9.71. The molecule has 0 radical (unpaired) electrons. The summed E-state index contributed by atoms with van der Waals surface area (Å²) in [5, 5.41) is 4.19. The van der Waals surface area contributed by atoms with Crippen molar-refractivity contribution in [3.63, 3.8) is 0 Å². The van der Waals surface area contributed by atoms with Crippen molar-refractivity contribution >= 4 is 5.69 Å². The third-order valence-electron chi connectivity index (χ3n) is 2.64. The van der Waals surface area contributed by atoms with E-state index >= 15 is 0 Å². The van der Waals surface area contributed by atoms with Crippen molar-refractivity contribution < 1.29 is 0 Å². The van der Waals surface area contributed by atoms with Crippen molar-refractivity contribution in [2.45, 2.75) is 13.8 Å². The Hall–Kier alpha value is -1.84. The first-order chi connectivity index (χ1) is 7.09. The van der Waals surface area contributed by atoms with Gasteiger partial charge in [0.1, 0.15) is 0 Å². The van der Waals surface area contributed by atoms with E-state index in [0.29, 0.717) is 0 Å². The smallest absolute Gasteiger partial charge is 0.0741 e. The summed E-state index contributed by atoms with van der Waals surface area (Å²) in [6.07, 6.45) is 1.83. The molecule has 2 rings (SSSR count). The molecule has 0 spiro atoms. The van der Waals surface area contributed by atoms with Crippen LogP contribution in [0.2, 0.25) is 0 Å². The lowest BCUT2D eigenvalue weighted by molar-refractivity contribution is 0.740. The second kappa shape index (κ2) is 3.38. The van der Waals surface area contributed by atoms with Crippen LogP contribution in [0.3, 0.4) is 0 Å². The number of nitrogen functional groups attached to an aromatic ring is 1. The molecule has 0 bridgehead atoms. The van der Waals surface area contributed by atoms with Crippen LogP contribution in [0.4, 0.5) is 5.69 Å². The van der Waals surface area contributed by atoms with Gasteiger partial charge in [-0.1, -0.05) is 0 Å². The van der Waals surface area contributed by atoms with Crippen LogP contribution in [-0.4, -0.2) is 14.8 Å². The van der Waals surface area contributed by atoms with Gasteiger partial charge in [0, 0.05) is 18.3 Å². The van der Waals surface area contributed by atoms with E-state index in [-0.39, 0.29) is 0 Å². The Morgan fingerprint density at radius 2 is 2.00 bits per heavy atom. The van der Waals surface area contributed by atoms with Crippen molar-refractivity contribution in [1.29, 1.82) is 0 Å². The normalized spacial score (nSPS) is 10.6. The van der Waals surface area contributed by atoms with Crippen molar-refractivity contribution in [3.05, 3.63) is 29.7 Å². The van der Waals surface area contributed by atoms with E-state index < -0.39 is 0 Å². The fourth-order valence-corrected chi connectivity index (χ4v) is 1.47. The van der Waals surface area contributed by atoms with Gasteiger partial charge in [-0.05, 0) is 26.0 Å². The summed E-state index contributed by atoms with van der Waals surface area (Å²) in [7, 11) is 1.92. The molecule has 0 aliphatic rings. The van der Waals surface area contributed by atoms with Crippen LogP contribution in [0.1, 0.15) is 11.4 Å². The summed E-state index contributed by atoms with van der Waals surface area (Å²) < 4.78 is 1.84. The molecule has 0 saturated heterocycles. The molecule has 0 aliphatic carbocycles. The molecule has 0 saturated carbocycles. The van der Waals surface area contributed by atoms with Gasteiger partial charge in [-0.3, -0.25) is 9.67 Å². The van der Waals surface area contributed by atoms with Gasteiger partial charge in [0.2, 0.25) is 0 Å². The molecule has 0 aromatic carbocycles. The molecule has 4 heteroatoms. The minimum absolute atomic E-state index is 0.722. The fourth-order valence-electron chi connectivity index (χ4n) is 1.47. The topological polar surface area (TPSA) is 56.7 Å². The number of aryl methyl sites for hydroxylation is 2. The molecule has 0 amide bonds. The van der Waals surface area contributed by atoms with E-state index in [4.69, 9.17) is 5.73 Å². The zero-order valence-corrected chi connectivity index (χ0v) is 9.15. The number of pyridine rings is 1. The fraction of sp³-hybridized carbons (Fsp3) is 0.273. The standard InChI is InChI=1S/C11H14N4/c1-7-10(12)4-5-11(14-7)9-6-13-15(3)8(9)2/h4-6H,12H2,1-3H3. The summed E-state index contributed by atoms with van der Waals surface area (Å²) in [5.41, 5.74) is 10.4. The zero-order valence-electron chi connectivity index (χ0n) is 9.15. The predicted octanol–water partition coefficient (Wildman–Crippen LogP) is 1.68. The molecule has 2 aromatic heterocycles. The quantitative estimate of drug-likeness (QED) is 0.765. The molecular weight excluding hydrogens is 188 g/mol. The summed E-state index contributed by atoms with van der Waals surface area (Å²) in [6, 6.07) is 3.80. The Labute approximate surface area is 88.8 Å². The van der Waals surface area contributed by atoms with Crippen molar-refractivity contribution in [2.24, 2.45) is 7.05 Å². The molecule has 2 heterocycles. The number of anilines is 1. The Balaban J connectivity index is 2.55. The number of rotatable bonds is 1. The molecule has 4 nitrogen and oxygen atoms in total. The summed E-state index contributed by atoms with van der Waals surface area (Å²) in [4.78, 5) is 4.44. The Morgan fingerprint density at radius 3 is 2.53 bits per heavy atom. The number of aromatic nitrogens is 3. The molecule has 2 aromatic rings. The van der Waals surface area contributed by atoms with Crippen LogP contribution in [0.25, 0.3) is 11.3 Å². The molecule has 0 atom stereocenters. The van der Waals surface area contributed by atoms with Gasteiger partial charge in [-0.2, -0.15) is 5.10 Å². The van der Waals surface area contributed by atoms with Gasteiger partial charge < -0.3 is 5.73 Å². The van der Waals surface area contributed by atoms with E-state index in [1.165, 1.54) is 0 Å². The average Bonchev–Trinajstić information content (AvgIpc) is 2.53. The maximum absolute atomic E-state index is 5.73. The van der Waals surface area contributed by atoms with Crippen LogP contribution >= 0.6 is 0 Å². The highest BCUT2D eigenvalue weighted by atomic mass is 15.3. The van der Waals surface area contributed by atoms with Gasteiger partial charge in [0.05, 0.1) is 23.3 Å². The third-order valence-corrected chi connectivity index (χ3v) is 2.64. The number of hydrogen-bond donors (Lipinski definition) is 1. The predicted molar refractivity (Wildman–Crippen MR) is 60.3 cm³/mol. The van der Waals surface area contributed by atoms with Gasteiger partial charge in [-0.25, -0.2) is 0 Å². The second-order valence-corrected chi connectivity index (χ2v) is 3.64. The van der Waals surface area contributed by atoms with Crippen molar-refractivity contribution in [2.75, 3.05) is 5.73 Å². The van der Waals surface area contributed by atoms with E-state index in [9.17, 15) is 0 Å². The first-order valence-electron chi connectivity index (χ1n) is 4.81. The van der Waals surface area contributed by atoms with Crippen LogP contribution < -0.4 is 5.73 Å². The first-order valence-corrected chi connectivity index (χ1v) is 4.81. The van der Waals surface area contributed by atoms with Gasteiger partial charge >= 0.3 is 0 Å². The lowest BCUT2D eigenvalue weighted by Crippen LogP contribution is -1.96. The molecule has 2 N–H and O–H groups in total. The Bertz CT molecular complexity index is 499. The molecule has 15 heavy (non-hydrogen) atoms. The molecule has 0 aliphatic heterocycles. The van der Waals surface area contributed by atoms with Gasteiger partial charge in [0.15, 0.2) is 0 Å². The largest absolute Gasteiger partial charge is 0.397 e. The van der Waals surface area contributed by atoms with E-state index in [2.05, 4.69) is 10.1 Å². The van der Waals surface area contributed by atoms with Crippen molar-refractivity contribution in [3.8, 4) is 11.3 Å². The van der Waals surface area contributed by atoms with E-state index in [1.54, 1.807) is 0 Å². The zero-order chi connectivity index (χ0) is 11.0. The molecule has 78 valence electrons. The highest BCUT2D eigenvalue weighted by molar-refractivity contribution is 5.63. The Kier molecular flexibility index (Phi) is 2.19. The average molecular weight is 202 g/mol. The van der Waals surface area contributed by atoms with Gasteiger partial charge in [0.25, 0.3) is 0 Å². The number of nitrogens with two attached hydrogens (primary N) is 1. The summed E-state index contributed by atoms with van der Waals surface area (Å²) in [5.74, 6) is 0. The highest BCUT2D eigenvalue weighted by Gasteiger charge is 2.08. The summed E-state index contributed by atoms with van der Waals surface area (Å²) in [6.45, 7) is 3.93. The van der Waals surface area contributed by atoms with E-state index in [1.807, 2.05) is 43.9 Å². The lowest BCUT2D eigenvalue weighted by atomic mass is 10.1.